The minimum atomic E-state index is -4.40. The molecule has 0 saturated heterocycles. The number of halogens is 3. The van der Waals surface area contributed by atoms with Gasteiger partial charge in [-0.2, -0.15) is 13.2 Å². The molecule has 8 heteroatoms. The van der Waals surface area contributed by atoms with Crippen molar-refractivity contribution in [2.45, 2.75) is 26.1 Å². The van der Waals surface area contributed by atoms with Crippen molar-refractivity contribution in [1.29, 1.82) is 0 Å². The molecule has 0 aliphatic rings. The molecule has 1 aromatic heterocycles. The number of rotatable bonds is 4. The molecule has 0 atom stereocenters. The summed E-state index contributed by atoms with van der Waals surface area (Å²) in [5.74, 6) is 0.0639. The average Bonchev–Trinajstić information content (AvgIpc) is 2.44. The number of carbonyl (C=O) groups is 1. The van der Waals surface area contributed by atoms with Gasteiger partial charge in [0.25, 0.3) is 5.56 Å². The number of carbonyl (C=O) groups excluding carboxylic acids is 1. The Labute approximate surface area is 129 Å². The Kier molecular flexibility index (Phi) is 4.83. The largest absolute Gasteiger partial charge is 0.416 e. The summed E-state index contributed by atoms with van der Waals surface area (Å²) in [6.07, 6.45) is -4.45. The van der Waals surface area contributed by atoms with Gasteiger partial charge in [-0.05, 0) is 24.6 Å². The molecule has 1 heterocycles. The number of aromatic amines is 1. The van der Waals surface area contributed by atoms with E-state index in [1.54, 1.807) is 6.92 Å². The fraction of sp³-hybridized carbons (Fsp3) is 0.267. The first-order valence-electron chi connectivity index (χ1n) is 6.74. The molecule has 2 aromatic rings. The molecule has 0 aliphatic carbocycles. The molecule has 0 fully saturated rings. The maximum absolute atomic E-state index is 12.4. The van der Waals surface area contributed by atoms with Gasteiger partial charge in [0.05, 0.1) is 24.2 Å². The molecular weight excluding hydrogens is 311 g/mol. The standard InChI is InChI=1S/C15H14F3N3O2/c1-9-20-12(7-14(23)21-9)8-19-13(22)6-10-2-4-11(5-3-10)15(16,17)18/h2-5,7H,6,8H2,1H3,(H,19,22)(H,20,21,23). The van der Waals surface area contributed by atoms with E-state index in [9.17, 15) is 22.8 Å². The van der Waals surface area contributed by atoms with Crippen molar-refractivity contribution in [3.63, 3.8) is 0 Å². The van der Waals surface area contributed by atoms with Crippen LogP contribution in [0.15, 0.2) is 35.1 Å². The minimum Gasteiger partial charge on any atom is -0.350 e. The van der Waals surface area contributed by atoms with Crippen LogP contribution >= 0.6 is 0 Å². The summed E-state index contributed by atoms with van der Waals surface area (Å²) < 4.78 is 37.3. The van der Waals surface area contributed by atoms with Gasteiger partial charge in [-0.15, -0.1) is 0 Å². The van der Waals surface area contributed by atoms with Crippen molar-refractivity contribution in [3.8, 4) is 0 Å². The molecule has 0 bridgehead atoms. The Hall–Kier alpha value is -2.64. The summed E-state index contributed by atoms with van der Waals surface area (Å²) in [6.45, 7) is 1.69. The number of alkyl halides is 3. The number of amides is 1. The van der Waals surface area contributed by atoms with Crippen molar-refractivity contribution in [2.75, 3.05) is 0 Å². The fourth-order valence-corrected chi connectivity index (χ4v) is 1.98. The number of benzene rings is 1. The topological polar surface area (TPSA) is 74.8 Å². The summed E-state index contributed by atoms with van der Waals surface area (Å²) in [4.78, 5) is 29.6. The lowest BCUT2D eigenvalue weighted by atomic mass is 10.1. The van der Waals surface area contributed by atoms with Crippen LogP contribution in [0.5, 0.6) is 0 Å². The zero-order valence-electron chi connectivity index (χ0n) is 12.2. The molecule has 1 aromatic carbocycles. The van der Waals surface area contributed by atoms with Crippen LogP contribution in [0.2, 0.25) is 0 Å². The third kappa shape index (κ3) is 4.94. The smallest absolute Gasteiger partial charge is 0.350 e. The van der Waals surface area contributed by atoms with Crippen LogP contribution in [0.3, 0.4) is 0 Å². The molecule has 0 radical (unpaired) electrons. The molecule has 0 spiro atoms. The Morgan fingerprint density at radius 3 is 2.48 bits per heavy atom. The summed E-state index contributed by atoms with van der Waals surface area (Å²) in [5, 5.41) is 2.57. The van der Waals surface area contributed by atoms with Crippen LogP contribution in [0.25, 0.3) is 0 Å². The van der Waals surface area contributed by atoms with E-state index >= 15 is 0 Å². The number of aryl methyl sites for hydroxylation is 1. The van der Waals surface area contributed by atoms with Gasteiger partial charge in [-0.3, -0.25) is 9.59 Å². The van der Waals surface area contributed by atoms with Crippen LogP contribution in [0, 0.1) is 6.92 Å². The van der Waals surface area contributed by atoms with Gasteiger partial charge < -0.3 is 10.3 Å². The fourth-order valence-electron chi connectivity index (χ4n) is 1.98. The molecule has 0 unspecified atom stereocenters. The van der Waals surface area contributed by atoms with Gasteiger partial charge in [0.15, 0.2) is 0 Å². The number of aromatic nitrogens is 2. The highest BCUT2D eigenvalue weighted by Crippen LogP contribution is 2.29. The van der Waals surface area contributed by atoms with Crippen LogP contribution < -0.4 is 10.9 Å². The Morgan fingerprint density at radius 2 is 1.91 bits per heavy atom. The Morgan fingerprint density at radius 1 is 1.26 bits per heavy atom. The van der Waals surface area contributed by atoms with E-state index in [0.717, 1.165) is 12.1 Å². The predicted octanol–water partition coefficient (Wildman–Crippen LogP) is 1.96. The zero-order valence-corrected chi connectivity index (χ0v) is 12.2. The Bertz CT molecular complexity index is 752. The van der Waals surface area contributed by atoms with Crippen LogP contribution in [-0.4, -0.2) is 15.9 Å². The molecule has 0 aliphatic heterocycles. The molecule has 2 rings (SSSR count). The van der Waals surface area contributed by atoms with E-state index < -0.39 is 11.7 Å². The quantitative estimate of drug-likeness (QED) is 0.902. The molecular formula is C15H14F3N3O2. The highest BCUT2D eigenvalue weighted by molar-refractivity contribution is 5.78. The van der Waals surface area contributed by atoms with Gasteiger partial charge in [0.1, 0.15) is 5.82 Å². The number of nitrogens with zero attached hydrogens (tertiary/aromatic N) is 1. The van der Waals surface area contributed by atoms with Crippen molar-refractivity contribution in [1.82, 2.24) is 15.3 Å². The average molecular weight is 325 g/mol. The number of hydrogen-bond acceptors (Lipinski definition) is 3. The van der Waals surface area contributed by atoms with E-state index in [0.29, 0.717) is 17.1 Å². The second-order valence-electron chi connectivity index (χ2n) is 4.97. The summed E-state index contributed by atoms with van der Waals surface area (Å²) in [7, 11) is 0. The van der Waals surface area contributed by atoms with E-state index in [1.807, 2.05) is 0 Å². The number of nitrogens with one attached hydrogen (secondary N) is 2. The van der Waals surface area contributed by atoms with Gasteiger partial charge in [-0.25, -0.2) is 4.98 Å². The molecule has 2 N–H and O–H groups in total. The lowest BCUT2D eigenvalue weighted by Gasteiger charge is -2.08. The number of H-pyrrole nitrogens is 1. The maximum Gasteiger partial charge on any atom is 0.416 e. The predicted molar refractivity (Wildman–Crippen MR) is 76.6 cm³/mol. The highest BCUT2D eigenvalue weighted by Gasteiger charge is 2.29. The molecule has 122 valence electrons. The van der Waals surface area contributed by atoms with Crippen molar-refractivity contribution in [3.05, 3.63) is 63.3 Å². The highest BCUT2D eigenvalue weighted by atomic mass is 19.4. The van der Waals surface area contributed by atoms with Crippen LogP contribution in [0.1, 0.15) is 22.6 Å². The molecule has 23 heavy (non-hydrogen) atoms. The van der Waals surface area contributed by atoms with Crippen molar-refractivity contribution in [2.24, 2.45) is 0 Å². The van der Waals surface area contributed by atoms with E-state index in [-0.39, 0.29) is 24.4 Å². The monoisotopic (exact) mass is 325 g/mol. The van der Waals surface area contributed by atoms with Gasteiger partial charge in [0.2, 0.25) is 5.91 Å². The SMILES string of the molecule is Cc1nc(CNC(=O)Cc2ccc(C(F)(F)F)cc2)cc(=O)[nH]1. The summed E-state index contributed by atoms with van der Waals surface area (Å²) in [5.41, 5.74) is -0.202. The van der Waals surface area contributed by atoms with Crippen LogP contribution in [-0.2, 0) is 23.9 Å². The van der Waals surface area contributed by atoms with Crippen molar-refractivity contribution >= 4 is 5.91 Å². The van der Waals surface area contributed by atoms with E-state index in [1.165, 1.54) is 18.2 Å². The summed E-state index contributed by atoms with van der Waals surface area (Å²) >= 11 is 0. The molecule has 0 saturated carbocycles. The Balaban J connectivity index is 1.93. The first-order chi connectivity index (χ1) is 10.7. The van der Waals surface area contributed by atoms with E-state index in [2.05, 4.69) is 15.3 Å². The third-order valence-corrected chi connectivity index (χ3v) is 3.03. The lowest BCUT2D eigenvalue weighted by Crippen LogP contribution is -2.26. The minimum absolute atomic E-state index is 0.0552. The normalized spacial score (nSPS) is 11.3. The second-order valence-corrected chi connectivity index (χ2v) is 4.97. The maximum atomic E-state index is 12.4. The molecule has 5 nitrogen and oxygen atoms in total. The first kappa shape index (κ1) is 16.7. The molecule has 1 amide bonds. The summed E-state index contributed by atoms with van der Waals surface area (Å²) in [6, 6.07) is 5.66. The van der Waals surface area contributed by atoms with Crippen LogP contribution in [0.4, 0.5) is 13.2 Å². The number of hydrogen-bond donors (Lipinski definition) is 2. The van der Waals surface area contributed by atoms with Crippen molar-refractivity contribution < 1.29 is 18.0 Å². The third-order valence-electron chi connectivity index (χ3n) is 3.03. The van der Waals surface area contributed by atoms with Gasteiger partial charge in [0, 0.05) is 6.07 Å². The van der Waals surface area contributed by atoms with E-state index in [4.69, 9.17) is 0 Å². The second kappa shape index (κ2) is 6.64. The lowest BCUT2D eigenvalue weighted by molar-refractivity contribution is -0.137. The van der Waals surface area contributed by atoms with Gasteiger partial charge in [-0.1, -0.05) is 12.1 Å². The zero-order chi connectivity index (χ0) is 17.0. The first-order valence-corrected chi connectivity index (χ1v) is 6.74. The van der Waals surface area contributed by atoms with Gasteiger partial charge >= 0.3 is 6.18 Å².